The lowest BCUT2D eigenvalue weighted by Crippen LogP contribution is -2.34. The smallest absolute Gasteiger partial charge is 0.0994 e. The van der Waals surface area contributed by atoms with Crippen LogP contribution in [0.3, 0.4) is 0 Å². The van der Waals surface area contributed by atoms with E-state index in [1.54, 1.807) is 6.20 Å². The molecule has 2 unspecified atom stereocenters. The Labute approximate surface area is 97.0 Å². The predicted octanol–water partition coefficient (Wildman–Crippen LogP) is 2.43. The average molecular weight is 220 g/mol. The molecular formula is C13H20N2O. The molecule has 2 atom stereocenters. The van der Waals surface area contributed by atoms with Gasteiger partial charge in [-0.2, -0.15) is 0 Å². The molecule has 88 valence electrons. The third-order valence-corrected chi connectivity index (χ3v) is 3.26. The minimum atomic E-state index is 0.00370. The molecule has 1 fully saturated rings. The third-order valence-electron chi connectivity index (χ3n) is 3.26. The summed E-state index contributed by atoms with van der Waals surface area (Å²) >= 11 is 0. The lowest BCUT2D eigenvalue weighted by Gasteiger charge is -2.33. The number of hydrogen-bond donors (Lipinski definition) is 1. The number of nitrogens with two attached hydrogens (primary N) is 1. The van der Waals surface area contributed by atoms with Crippen molar-refractivity contribution < 1.29 is 4.74 Å². The lowest BCUT2D eigenvalue weighted by atomic mass is 9.94. The van der Waals surface area contributed by atoms with Gasteiger partial charge in [-0.15, -0.1) is 0 Å². The van der Waals surface area contributed by atoms with Gasteiger partial charge in [0.1, 0.15) is 0 Å². The summed E-state index contributed by atoms with van der Waals surface area (Å²) in [6, 6.07) is 4.05. The van der Waals surface area contributed by atoms with Gasteiger partial charge in [-0.25, -0.2) is 0 Å². The molecule has 16 heavy (non-hydrogen) atoms. The van der Waals surface area contributed by atoms with Crippen molar-refractivity contribution in [3.8, 4) is 0 Å². The Kier molecular flexibility index (Phi) is 3.91. The maximum absolute atomic E-state index is 6.12. The van der Waals surface area contributed by atoms with Gasteiger partial charge in [0.05, 0.1) is 12.2 Å². The fourth-order valence-corrected chi connectivity index (χ4v) is 1.90. The summed E-state index contributed by atoms with van der Waals surface area (Å²) in [5.41, 5.74) is 7.22. The topological polar surface area (TPSA) is 48.1 Å². The molecule has 3 nitrogen and oxygen atoms in total. The van der Waals surface area contributed by atoms with Crippen LogP contribution < -0.4 is 5.73 Å². The molecule has 0 aliphatic heterocycles. The molecule has 0 radical (unpaired) electrons. The molecular weight excluding hydrogens is 200 g/mol. The van der Waals surface area contributed by atoms with Crippen molar-refractivity contribution in [2.45, 2.75) is 50.9 Å². The zero-order chi connectivity index (χ0) is 11.4. The molecule has 0 bridgehead atoms. The highest BCUT2D eigenvalue weighted by Gasteiger charge is 2.26. The Morgan fingerprint density at radius 3 is 2.88 bits per heavy atom. The van der Waals surface area contributed by atoms with E-state index in [0.717, 1.165) is 12.0 Å². The van der Waals surface area contributed by atoms with Crippen LogP contribution in [0, 0.1) is 0 Å². The Morgan fingerprint density at radius 1 is 1.56 bits per heavy atom. The second-order valence-electron chi connectivity index (χ2n) is 4.47. The zero-order valence-electron chi connectivity index (χ0n) is 9.80. The van der Waals surface area contributed by atoms with Gasteiger partial charge in [0, 0.05) is 24.0 Å². The van der Waals surface area contributed by atoms with Crippen molar-refractivity contribution in [1.29, 1.82) is 0 Å². The maximum atomic E-state index is 6.12. The van der Waals surface area contributed by atoms with Crippen LogP contribution in [0.25, 0.3) is 0 Å². The minimum absolute atomic E-state index is 0.00370. The Balaban J connectivity index is 2.07. The summed E-state index contributed by atoms with van der Waals surface area (Å²) in [6.07, 6.45) is 8.60. The van der Waals surface area contributed by atoms with Gasteiger partial charge in [0.25, 0.3) is 0 Å². The zero-order valence-corrected chi connectivity index (χ0v) is 9.80. The van der Waals surface area contributed by atoms with Crippen molar-refractivity contribution in [2.24, 2.45) is 5.73 Å². The van der Waals surface area contributed by atoms with E-state index in [9.17, 15) is 0 Å². The van der Waals surface area contributed by atoms with E-state index < -0.39 is 0 Å². The molecule has 2 N–H and O–H groups in total. The normalized spacial score (nSPS) is 20.1. The summed E-state index contributed by atoms with van der Waals surface area (Å²) in [6.45, 7) is 2.10. The SMILES string of the molecule is CCC(N)C(OC1CCC1)c1cccnc1. The van der Waals surface area contributed by atoms with Gasteiger partial charge in [-0.3, -0.25) is 4.98 Å². The van der Waals surface area contributed by atoms with Crippen molar-refractivity contribution >= 4 is 0 Å². The minimum Gasteiger partial charge on any atom is -0.369 e. The number of rotatable bonds is 5. The largest absolute Gasteiger partial charge is 0.369 e. The van der Waals surface area contributed by atoms with Gasteiger partial charge < -0.3 is 10.5 Å². The van der Waals surface area contributed by atoms with Crippen LogP contribution in [0.4, 0.5) is 0 Å². The van der Waals surface area contributed by atoms with Crippen molar-refractivity contribution in [2.75, 3.05) is 0 Å². The highest BCUT2D eigenvalue weighted by Crippen LogP contribution is 2.30. The quantitative estimate of drug-likeness (QED) is 0.829. The molecule has 3 heteroatoms. The summed E-state index contributed by atoms with van der Waals surface area (Å²) in [5.74, 6) is 0. The monoisotopic (exact) mass is 220 g/mol. The van der Waals surface area contributed by atoms with E-state index >= 15 is 0 Å². The van der Waals surface area contributed by atoms with Crippen LogP contribution in [0.1, 0.15) is 44.3 Å². The summed E-state index contributed by atoms with van der Waals surface area (Å²) in [5, 5.41) is 0. The molecule has 1 heterocycles. The third kappa shape index (κ3) is 2.60. The molecule has 0 aromatic carbocycles. The molecule has 0 amide bonds. The van der Waals surface area contributed by atoms with E-state index in [4.69, 9.17) is 10.5 Å². The summed E-state index contributed by atoms with van der Waals surface area (Å²) in [7, 11) is 0. The first-order valence-corrected chi connectivity index (χ1v) is 6.12. The molecule has 1 aliphatic rings. The Bertz CT molecular complexity index is 311. The van der Waals surface area contributed by atoms with Crippen molar-refractivity contribution in [3.05, 3.63) is 30.1 Å². The van der Waals surface area contributed by atoms with Crippen LogP contribution in [0.2, 0.25) is 0 Å². The summed E-state index contributed by atoms with van der Waals surface area (Å²) < 4.78 is 6.06. The molecule has 1 aliphatic carbocycles. The van der Waals surface area contributed by atoms with Crippen LogP contribution >= 0.6 is 0 Å². The van der Waals surface area contributed by atoms with Crippen LogP contribution in [0.15, 0.2) is 24.5 Å². The van der Waals surface area contributed by atoms with E-state index in [0.29, 0.717) is 6.10 Å². The van der Waals surface area contributed by atoms with Gasteiger partial charge >= 0.3 is 0 Å². The van der Waals surface area contributed by atoms with E-state index in [1.165, 1.54) is 19.3 Å². The standard InChI is InChI=1S/C13H20N2O/c1-2-12(14)13(16-11-6-3-7-11)10-5-4-8-15-9-10/h4-5,8-9,11-13H,2-3,6-7,14H2,1H3. The predicted molar refractivity (Wildman–Crippen MR) is 64.0 cm³/mol. The second-order valence-corrected chi connectivity index (χ2v) is 4.47. The maximum Gasteiger partial charge on any atom is 0.0994 e. The molecule has 1 saturated carbocycles. The number of aromatic nitrogens is 1. The van der Waals surface area contributed by atoms with Gasteiger partial charge in [-0.1, -0.05) is 13.0 Å². The number of hydrogen-bond acceptors (Lipinski definition) is 3. The van der Waals surface area contributed by atoms with Crippen LogP contribution in [0.5, 0.6) is 0 Å². The highest BCUT2D eigenvalue weighted by atomic mass is 16.5. The van der Waals surface area contributed by atoms with Crippen LogP contribution in [-0.4, -0.2) is 17.1 Å². The van der Waals surface area contributed by atoms with E-state index in [1.807, 2.05) is 18.3 Å². The number of ether oxygens (including phenoxy) is 1. The fourth-order valence-electron chi connectivity index (χ4n) is 1.90. The van der Waals surface area contributed by atoms with Gasteiger partial charge in [0.2, 0.25) is 0 Å². The fraction of sp³-hybridized carbons (Fsp3) is 0.615. The van der Waals surface area contributed by atoms with Gasteiger partial charge in [0.15, 0.2) is 0 Å². The first kappa shape index (κ1) is 11.6. The molecule has 0 spiro atoms. The summed E-state index contributed by atoms with van der Waals surface area (Å²) in [4.78, 5) is 4.14. The van der Waals surface area contributed by atoms with Crippen LogP contribution in [-0.2, 0) is 4.74 Å². The van der Waals surface area contributed by atoms with Crippen molar-refractivity contribution in [1.82, 2.24) is 4.98 Å². The molecule has 0 saturated heterocycles. The van der Waals surface area contributed by atoms with E-state index in [2.05, 4.69) is 11.9 Å². The lowest BCUT2D eigenvalue weighted by molar-refractivity contribution is -0.0639. The highest BCUT2D eigenvalue weighted by molar-refractivity contribution is 5.14. The van der Waals surface area contributed by atoms with Gasteiger partial charge in [-0.05, 0) is 31.7 Å². The molecule has 2 rings (SSSR count). The van der Waals surface area contributed by atoms with Crippen molar-refractivity contribution in [3.63, 3.8) is 0 Å². The average Bonchev–Trinajstić information content (AvgIpc) is 2.28. The first-order valence-electron chi connectivity index (χ1n) is 6.12. The molecule has 1 aromatic heterocycles. The Morgan fingerprint density at radius 2 is 2.38 bits per heavy atom. The number of nitrogens with zero attached hydrogens (tertiary/aromatic N) is 1. The first-order chi connectivity index (χ1) is 7.81. The molecule has 1 aromatic rings. The Hall–Kier alpha value is -0.930. The number of pyridine rings is 1. The van der Waals surface area contributed by atoms with E-state index in [-0.39, 0.29) is 12.1 Å². The second kappa shape index (κ2) is 5.41.